The van der Waals surface area contributed by atoms with E-state index in [0.717, 1.165) is 25.1 Å². The lowest BCUT2D eigenvalue weighted by Gasteiger charge is -2.28. The van der Waals surface area contributed by atoms with Crippen molar-refractivity contribution < 1.29 is 9.53 Å². The SMILES string of the molecule is O=C1CC[C@H](NC2CCCCC2)CCN1CCOc1ccccc1. The van der Waals surface area contributed by atoms with Gasteiger partial charge in [-0.1, -0.05) is 37.5 Å². The van der Waals surface area contributed by atoms with Crippen molar-refractivity contribution in [2.75, 3.05) is 19.7 Å². The first-order chi connectivity index (χ1) is 11.8. The average Bonchev–Trinajstić information content (AvgIpc) is 2.79. The minimum atomic E-state index is 0.277. The smallest absolute Gasteiger partial charge is 0.222 e. The van der Waals surface area contributed by atoms with Crippen LogP contribution in [0.15, 0.2) is 30.3 Å². The molecule has 2 aliphatic rings. The van der Waals surface area contributed by atoms with Crippen molar-refractivity contribution in [1.29, 1.82) is 0 Å². The monoisotopic (exact) mass is 330 g/mol. The van der Waals surface area contributed by atoms with Crippen LogP contribution in [0.1, 0.15) is 51.4 Å². The molecule has 0 bridgehead atoms. The molecule has 1 atom stereocenters. The van der Waals surface area contributed by atoms with Crippen LogP contribution in [0, 0.1) is 0 Å². The third kappa shape index (κ3) is 5.23. The van der Waals surface area contributed by atoms with Gasteiger partial charge >= 0.3 is 0 Å². The minimum absolute atomic E-state index is 0.277. The first kappa shape index (κ1) is 17.3. The molecule has 1 aromatic rings. The molecule has 132 valence electrons. The standard InChI is InChI=1S/C20H30N2O2/c23-20-12-11-18(21-17-7-3-1-4-8-17)13-14-22(20)15-16-24-19-9-5-2-6-10-19/h2,5-6,9-10,17-18,21H,1,3-4,7-8,11-16H2/t18-/m0/s1. The lowest BCUT2D eigenvalue weighted by molar-refractivity contribution is -0.131. The second-order valence-corrected chi connectivity index (χ2v) is 7.07. The Hall–Kier alpha value is -1.55. The number of rotatable bonds is 6. The summed E-state index contributed by atoms with van der Waals surface area (Å²) in [7, 11) is 0. The third-order valence-electron chi connectivity index (χ3n) is 5.26. The van der Waals surface area contributed by atoms with E-state index < -0.39 is 0 Å². The topological polar surface area (TPSA) is 41.6 Å². The van der Waals surface area contributed by atoms with Crippen molar-refractivity contribution in [2.24, 2.45) is 0 Å². The van der Waals surface area contributed by atoms with E-state index in [2.05, 4.69) is 5.32 Å². The molecule has 0 spiro atoms. The van der Waals surface area contributed by atoms with Crippen LogP contribution in [-0.4, -0.2) is 42.6 Å². The van der Waals surface area contributed by atoms with Gasteiger partial charge in [0, 0.05) is 25.0 Å². The van der Waals surface area contributed by atoms with Gasteiger partial charge in [-0.3, -0.25) is 4.79 Å². The van der Waals surface area contributed by atoms with Crippen molar-refractivity contribution >= 4 is 5.91 Å². The molecule has 1 aliphatic heterocycles. The highest BCUT2D eigenvalue weighted by atomic mass is 16.5. The van der Waals surface area contributed by atoms with E-state index in [-0.39, 0.29) is 5.91 Å². The molecule has 1 amide bonds. The molecule has 1 heterocycles. The first-order valence-corrected chi connectivity index (χ1v) is 9.53. The number of para-hydroxylation sites is 1. The van der Waals surface area contributed by atoms with E-state index >= 15 is 0 Å². The summed E-state index contributed by atoms with van der Waals surface area (Å²) < 4.78 is 5.74. The quantitative estimate of drug-likeness (QED) is 0.869. The van der Waals surface area contributed by atoms with Gasteiger partial charge in [0.15, 0.2) is 0 Å². The van der Waals surface area contributed by atoms with Gasteiger partial charge in [-0.2, -0.15) is 0 Å². The Morgan fingerprint density at radius 3 is 2.54 bits per heavy atom. The number of likely N-dealkylation sites (tertiary alicyclic amines) is 1. The lowest BCUT2D eigenvalue weighted by atomic mass is 9.94. The van der Waals surface area contributed by atoms with Crippen LogP contribution < -0.4 is 10.1 Å². The highest BCUT2D eigenvalue weighted by molar-refractivity contribution is 5.76. The van der Waals surface area contributed by atoms with E-state index in [1.54, 1.807) is 0 Å². The Morgan fingerprint density at radius 2 is 1.75 bits per heavy atom. The number of nitrogens with zero attached hydrogens (tertiary/aromatic N) is 1. The number of benzene rings is 1. The molecule has 4 heteroatoms. The Kier molecular flexibility index (Phi) is 6.53. The number of hydrogen-bond acceptors (Lipinski definition) is 3. The van der Waals surface area contributed by atoms with Crippen LogP contribution in [0.2, 0.25) is 0 Å². The van der Waals surface area contributed by atoms with Crippen LogP contribution in [0.5, 0.6) is 5.75 Å². The number of ether oxygens (including phenoxy) is 1. The molecule has 2 fully saturated rings. The van der Waals surface area contributed by atoms with Gasteiger partial charge in [-0.25, -0.2) is 0 Å². The van der Waals surface area contributed by atoms with Gasteiger partial charge in [0.25, 0.3) is 0 Å². The molecule has 1 aliphatic carbocycles. The predicted molar refractivity (Wildman–Crippen MR) is 96.2 cm³/mol. The molecule has 3 rings (SSSR count). The van der Waals surface area contributed by atoms with Crippen LogP contribution >= 0.6 is 0 Å². The lowest BCUT2D eigenvalue weighted by Crippen LogP contribution is -2.40. The number of hydrogen-bond donors (Lipinski definition) is 1. The molecule has 4 nitrogen and oxygen atoms in total. The summed E-state index contributed by atoms with van der Waals surface area (Å²) >= 11 is 0. The highest BCUT2D eigenvalue weighted by Crippen LogP contribution is 2.20. The zero-order valence-corrected chi connectivity index (χ0v) is 14.6. The number of carbonyl (C=O) groups is 1. The fourth-order valence-corrected chi connectivity index (χ4v) is 3.83. The summed E-state index contributed by atoms with van der Waals surface area (Å²) in [4.78, 5) is 14.3. The number of amides is 1. The third-order valence-corrected chi connectivity index (χ3v) is 5.26. The maximum atomic E-state index is 12.3. The van der Waals surface area contributed by atoms with Crippen molar-refractivity contribution in [1.82, 2.24) is 10.2 Å². The molecule has 1 saturated heterocycles. The van der Waals surface area contributed by atoms with E-state index in [1.807, 2.05) is 35.2 Å². The molecule has 1 saturated carbocycles. The fourth-order valence-electron chi connectivity index (χ4n) is 3.83. The predicted octanol–water partition coefficient (Wildman–Crippen LogP) is 3.37. The molecule has 1 N–H and O–H groups in total. The molecule has 0 radical (unpaired) electrons. The minimum Gasteiger partial charge on any atom is -0.492 e. The van der Waals surface area contributed by atoms with Crippen LogP contribution in [-0.2, 0) is 4.79 Å². The van der Waals surface area contributed by atoms with Crippen molar-refractivity contribution in [3.63, 3.8) is 0 Å². The Balaban J connectivity index is 1.41. The second-order valence-electron chi connectivity index (χ2n) is 7.07. The Labute approximate surface area is 145 Å². The van der Waals surface area contributed by atoms with Gasteiger partial charge < -0.3 is 15.0 Å². The van der Waals surface area contributed by atoms with Crippen LogP contribution in [0.4, 0.5) is 0 Å². The maximum Gasteiger partial charge on any atom is 0.222 e. The molecule has 1 aromatic carbocycles. The second kappa shape index (κ2) is 9.07. The zero-order valence-electron chi connectivity index (χ0n) is 14.6. The molecule has 24 heavy (non-hydrogen) atoms. The van der Waals surface area contributed by atoms with Gasteiger partial charge in [-0.15, -0.1) is 0 Å². The largest absolute Gasteiger partial charge is 0.492 e. The molecule has 0 aromatic heterocycles. The van der Waals surface area contributed by atoms with E-state index in [0.29, 0.717) is 31.7 Å². The van der Waals surface area contributed by atoms with E-state index in [9.17, 15) is 4.79 Å². The fraction of sp³-hybridized carbons (Fsp3) is 0.650. The average molecular weight is 330 g/mol. The summed E-state index contributed by atoms with van der Waals surface area (Å²) in [5.41, 5.74) is 0. The van der Waals surface area contributed by atoms with Crippen molar-refractivity contribution in [2.45, 2.75) is 63.5 Å². The number of carbonyl (C=O) groups excluding carboxylic acids is 1. The Morgan fingerprint density at radius 1 is 1.00 bits per heavy atom. The van der Waals surface area contributed by atoms with Gasteiger partial charge in [-0.05, 0) is 37.8 Å². The van der Waals surface area contributed by atoms with Gasteiger partial charge in [0.2, 0.25) is 5.91 Å². The van der Waals surface area contributed by atoms with E-state index in [1.165, 1.54) is 32.1 Å². The van der Waals surface area contributed by atoms with Gasteiger partial charge in [0.1, 0.15) is 12.4 Å². The summed E-state index contributed by atoms with van der Waals surface area (Å²) in [5, 5.41) is 3.81. The van der Waals surface area contributed by atoms with Crippen molar-refractivity contribution in [3.8, 4) is 5.75 Å². The summed E-state index contributed by atoms with van der Waals surface area (Å²) in [6, 6.07) is 11.0. The number of nitrogens with one attached hydrogen (secondary N) is 1. The molecular weight excluding hydrogens is 300 g/mol. The first-order valence-electron chi connectivity index (χ1n) is 9.53. The summed E-state index contributed by atoms with van der Waals surface area (Å²) in [6.45, 7) is 2.10. The normalized spacial score (nSPS) is 23.1. The zero-order chi connectivity index (χ0) is 16.6. The van der Waals surface area contributed by atoms with Gasteiger partial charge in [0.05, 0.1) is 6.54 Å². The molecule has 0 unspecified atom stereocenters. The summed E-state index contributed by atoms with van der Waals surface area (Å²) in [6.07, 6.45) is 9.40. The van der Waals surface area contributed by atoms with Crippen molar-refractivity contribution in [3.05, 3.63) is 30.3 Å². The van der Waals surface area contributed by atoms with Crippen LogP contribution in [0.25, 0.3) is 0 Å². The highest BCUT2D eigenvalue weighted by Gasteiger charge is 2.24. The van der Waals surface area contributed by atoms with Crippen LogP contribution in [0.3, 0.4) is 0 Å². The maximum absolute atomic E-state index is 12.3. The molecular formula is C20H30N2O2. The Bertz CT molecular complexity index is 500. The van der Waals surface area contributed by atoms with E-state index in [4.69, 9.17) is 4.74 Å². The summed E-state index contributed by atoms with van der Waals surface area (Å²) in [5.74, 6) is 1.15.